The van der Waals surface area contributed by atoms with Crippen LogP contribution in [0.15, 0.2) is 71.2 Å². The van der Waals surface area contributed by atoms with Gasteiger partial charge < -0.3 is 9.80 Å². The number of fused-ring (bicyclic) bond motifs is 1. The maximum absolute atomic E-state index is 13.6. The normalized spacial score (nSPS) is 18.6. The van der Waals surface area contributed by atoms with Gasteiger partial charge in [-0.1, -0.05) is 45.8 Å². The first-order valence-corrected chi connectivity index (χ1v) is 14.8. The summed E-state index contributed by atoms with van der Waals surface area (Å²) in [6.45, 7) is 10.2. The molecule has 202 valence electrons. The van der Waals surface area contributed by atoms with E-state index < -0.39 is 0 Å². The molecule has 3 heterocycles. The molecule has 1 aromatic heterocycles. The number of amides is 1. The molecule has 3 aromatic carbocycles. The highest BCUT2D eigenvalue weighted by Gasteiger charge is 2.32. The summed E-state index contributed by atoms with van der Waals surface area (Å²) in [5.41, 5.74) is 7.12. The lowest BCUT2D eigenvalue weighted by atomic mass is 9.96. The number of piperazine rings is 1. The standard InChI is InChI=1S/C32H36BrN5O/c1-23-9-14-29(24(2)20-23)36-16-18-37(19-17-36)32(39)25-6-5-15-35(21-25)22-31-34-28-7-3-4-8-30(28)38(31)27-12-10-26(33)11-13-27/h3-4,7-14,20,25H,5-6,15-19,21-22H2,1-2H3/t25-/m1/s1. The van der Waals surface area contributed by atoms with Crippen molar-refractivity contribution < 1.29 is 4.79 Å². The molecule has 1 amide bonds. The van der Waals surface area contributed by atoms with E-state index in [1.807, 2.05) is 6.07 Å². The van der Waals surface area contributed by atoms with Crippen molar-refractivity contribution in [3.05, 3.63) is 88.2 Å². The number of piperidine rings is 1. The van der Waals surface area contributed by atoms with Crippen LogP contribution in [0.25, 0.3) is 16.7 Å². The molecular weight excluding hydrogens is 550 g/mol. The van der Waals surface area contributed by atoms with Crippen molar-refractivity contribution in [3.63, 3.8) is 0 Å². The number of nitrogens with zero attached hydrogens (tertiary/aromatic N) is 5. The molecule has 2 fully saturated rings. The summed E-state index contributed by atoms with van der Waals surface area (Å²) in [7, 11) is 0. The number of likely N-dealkylation sites (tertiary alicyclic amines) is 1. The number of benzene rings is 3. The van der Waals surface area contributed by atoms with Crippen LogP contribution in [0, 0.1) is 19.8 Å². The van der Waals surface area contributed by atoms with Gasteiger partial charge >= 0.3 is 0 Å². The Kier molecular flexibility index (Phi) is 7.45. The summed E-state index contributed by atoms with van der Waals surface area (Å²) in [6, 6.07) is 23.4. The van der Waals surface area contributed by atoms with Crippen LogP contribution in [0.5, 0.6) is 0 Å². The Morgan fingerprint density at radius 3 is 2.49 bits per heavy atom. The van der Waals surface area contributed by atoms with E-state index in [2.05, 4.69) is 110 Å². The van der Waals surface area contributed by atoms with Crippen LogP contribution in [0.3, 0.4) is 0 Å². The Morgan fingerprint density at radius 1 is 0.949 bits per heavy atom. The third-order valence-corrected chi connectivity index (χ3v) is 8.75. The Morgan fingerprint density at radius 2 is 1.72 bits per heavy atom. The first kappa shape index (κ1) is 26.1. The van der Waals surface area contributed by atoms with Gasteiger partial charge in [0.05, 0.1) is 23.5 Å². The van der Waals surface area contributed by atoms with Crippen molar-refractivity contribution in [1.29, 1.82) is 0 Å². The lowest BCUT2D eigenvalue weighted by Gasteiger charge is -2.40. The molecule has 6 rings (SSSR count). The molecule has 0 bridgehead atoms. The molecule has 7 heteroatoms. The Bertz CT molecular complexity index is 1470. The van der Waals surface area contributed by atoms with Crippen LogP contribution in [0.4, 0.5) is 5.69 Å². The van der Waals surface area contributed by atoms with Crippen molar-refractivity contribution in [1.82, 2.24) is 19.4 Å². The van der Waals surface area contributed by atoms with E-state index in [-0.39, 0.29) is 5.92 Å². The number of aromatic nitrogens is 2. The van der Waals surface area contributed by atoms with Crippen molar-refractivity contribution in [2.75, 3.05) is 44.2 Å². The third kappa shape index (κ3) is 5.48. The highest BCUT2D eigenvalue weighted by Crippen LogP contribution is 2.27. The zero-order valence-corrected chi connectivity index (χ0v) is 24.4. The minimum atomic E-state index is 0.0527. The van der Waals surface area contributed by atoms with E-state index >= 15 is 0 Å². The van der Waals surface area contributed by atoms with E-state index in [4.69, 9.17) is 4.98 Å². The van der Waals surface area contributed by atoms with Gasteiger partial charge in [-0.2, -0.15) is 0 Å². The van der Waals surface area contributed by atoms with Crippen LogP contribution >= 0.6 is 15.9 Å². The van der Waals surface area contributed by atoms with Gasteiger partial charge in [0.1, 0.15) is 5.82 Å². The summed E-state index contributed by atoms with van der Waals surface area (Å²) >= 11 is 3.56. The van der Waals surface area contributed by atoms with E-state index in [0.29, 0.717) is 5.91 Å². The van der Waals surface area contributed by atoms with Crippen molar-refractivity contribution in [2.24, 2.45) is 5.92 Å². The molecule has 2 aliphatic rings. The quantitative estimate of drug-likeness (QED) is 0.289. The average molecular weight is 587 g/mol. The number of carbonyl (C=O) groups excluding carboxylic acids is 1. The van der Waals surface area contributed by atoms with Crippen LogP contribution in [0.2, 0.25) is 0 Å². The number of para-hydroxylation sites is 2. The van der Waals surface area contributed by atoms with Crippen LogP contribution in [-0.4, -0.2) is 64.5 Å². The molecule has 0 unspecified atom stereocenters. The van der Waals surface area contributed by atoms with E-state index in [1.165, 1.54) is 16.8 Å². The predicted molar refractivity (Wildman–Crippen MR) is 161 cm³/mol. The summed E-state index contributed by atoms with van der Waals surface area (Å²) in [5.74, 6) is 1.40. The number of anilines is 1. The number of hydrogen-bond donors (Lipinski definition) is 0. The topological polar surface area (TPSA) is 44.6 Å². The highest BCUT2D eigenvalue weighted by molar-refractivity contribution is 9.10. The largest absolute Gasteiger partial charge is 0.368 e. The minimum Gasteiger partial charge on any atom is -0.368 e. The first-order chi connectivity index (χ1) is 19.0. The fourth-order valence-corrected chi connectivity index (χ4v) is 6.51. The smallest absolute Gasteiger partial charge is 0.227 e. The van der Waals surface area contributed by atoms with Gasteiger partial charge in [-0.3, -0.25) is 14.3 Å². The van der Waals surface area contributed by atoms with E-state index in [9.17, 15) is 4.79 Å². The number of imidazole rings is 1. The molecule has 6 nitrogen and oxygen atoms in total. The van der Waals surface area contributed by atoms with Crippen LogP contribution < -0.4 is 4.90 Å². The molecule has 4 aromatic rings. The van der Waals surface area contributed by atoms with Gasteiger partial charge in [0, 0.05) is 48.6 Å². The second kappa shape index (κ2) is 11.1. The second-order valence-electron chi connectivity index (χ2n) is 11.0. The maximum Gasteiger partial charge on any atom is 0.227 e. The monoisotopic (exact) mass is 585 g/mol. The lowest BCUT2D eigenvalue weighted by molar-refractivity contribution is -0.137. The summed E-state index contributed by atoms with van der Waals surface area (Å²) in [5, 5.41) is 0. The number of rotatable bonds is 5. The van der Waals surface area contributed by atoms with Gasteiger partial charge in [0.15, 0.2) is 0 Å². The lowest BCUT2D eigenvalue weighted by Crippen LogP contribution is -2.52. The molecular formula is C32H36BrN5O. The van der Waals surface area contributed by atoms with Crippen LogP contribution in [0.1, 0.15) is 29.8 Å². The van der Waals surface area contributed by atoms with Crippen LogP contribution in [-0.2, 0) is 11.3 Å². The molecule has 0 aliphatic carbocycles. The Labute approximate surface area is 239 Å². The second-order valence-corrected chi connectivity index (χ2v) is 11.9. The summed E-state index contributed by atoms with van der Waals surface area (Å²) < 4.78 is 3.32. The molecule has 1 atom stereocenters. The SMILES string of the molecule is Cc1ccc(N2CCN(C(=O)[C@@H]3CCCN(Cc4nc5ccccc5n4-c4ccc(Br)cc4)C3)CC2)c(C)c1. The number of aryl methyl sites for hydroxylation is 2. The summed E-state index contributed by atoms with van der Waals surface area (Å²) in [6.07, 6.45) is 2.01. The van der Waals surface area contributed by atoms with Gasteiger partial charge in [0.2, 0.25) is 5.91 Å². The first-order valence-electron chi connectivity index (χ1n) is 14.0. The highest BCUT2D eigenvalue weighted by atomic mass is 79.9. The van der Waals surface area contributed by atoms with Crippen molar-refractivity contribution in [3.8, 4) is 5.69 Å². The molecule has 0 spiro atoms. The zero-order chi connectivity index (χ0) is 26.9. The molecule has 39 heavy (non-hydrogen) atoms. The third-order valence-electron chi connectivity index (χ3n) is 8.22. The van der Waals surface area contributed by atoms with Gasteiger partial charge in [0.25, 0.3) is 0 Å². The molecule has 0 radical (unpaired) electrons. The minimum absolute atomic E-state index is 0.0527. The Hall–Kier alpha value is -3.16. The number of hydrogen-bond acceptors (Lipinski definition) is 4. The molecule has 0 saturated carbocycles. The Balaban J connectivity index is 1.14. The fraction of sp³-hybridized carbons (Fsp3) is 0.375. The maximum atomic E-state index is 13.6. The molecule has 2 saturated heterocycles. The number of halogens is 1. The van der Waals surface area contributed by atoms with E-state index in [1.54, 1.807) is 0 Å². The van der Waals surface area contributed by atoms with Gasteiger partial charge in [-0.25, -0.2) is 4.98 Å². The van der Waals surface area contributed by atoms with Gasteiger partial charge in [-0.05, 0) is 81.3 Å². The summed E-state index contributed by atoms with van der Waals surface area (Å²) in [4.78, 5) is 25.6. The molecule has 0 N–H and O–H groups in total. The molecule has 2 aliphatic heterocycles. The predicted octanol–water partition coefficient (Wildman–Crippen LogP) is 5.97. The average Bonchev–Trinajstić information content (AvgIpc) is 3.31. The van der Waals surface area contributed by atoms with Gasteiger partial charge in [-0.15, -0.1) is 0 Å². The van der Waals surface area contributed by atoms with E-state index in [0.717, 1.165) is 85.7 Å². The van der Waals surface area contributed by atoms with Crippen molar-refractivity contribution >= 4 is 38.6 Å². The number of carbonyl (C=O) groups is 1. The fourth-order valence-electron chi connectivity index (χ4n) is 6.25. The zero-order valence-electron chi connectivity index (χ0n) is 22.8. The van der Waals surface area contributed by atoms with Crippen molar-refractivity contribution in [2.45, 2.75) is 33.2 Å².